The molecule has 0 aliphatic rings. The molecule has 0 atom stereocenters. The zero-order chi connectivity index (χ0) is 19.1. The number of aromatic nitrogens is 1. The van der Waals surface area contributed by atoms with E-state index in [1.54, 1.807) is 24.4 Å². The number of rotatable bonds is 8. The molecule has 0 radical (unpaired) electrons. The van der Waals surface area contributed by atoms with Crippen molar-refractivity contribution in [2.24, 2.45) is 0 Å². The fourth-order valence-electron chi connectivity index (χ4n) is 2.50. The minimum absolute atomic E-state index is 0.0527. The monoisotopic (exact) mass is 367 g/mol. The first-order valence-corrected chi connectivity index (χ1v) is 8.78. The molecule has 6 nitrogen and oxygen atoms in total. The number of oxazole rings is 1. The summed E-state index contributed by atoms with van der Waals surface area (Å²) in [6.45, 7) is 4.68. The van der Waals surface area contributed by atoms with Crippen molar-refractivity contribution in [2.75, 3.05) is 13.2 Å². The smallest absolute Gasteiger partial charge is 0.338 e. The molecule has 3 aromatic rings. The Bertz CT molecular complexity index is 889. The third-order valence-electron chi connectivity index (χ3n) is 3.72. The molecule has 0 bridgehead atoms. The minimum Gasteiger partial charge on any atom is -0.490 e. The minimum atomic E-state index is -0.488. The van der Waals surface area contributed by atoms with Gasteiger partial charge in [-0.3, -0.25) is 0 Å². The molecule has 0 N–H and O–H groups in total. The lowest BCUT2D eigenvalue weighted by atomic mass is 10.2. The van der Waals surface area contributed by atoms with Gasteiger partial charge in [-0.05, 0) is 32.0 Å². The van der Waals surface area contributed by atoms with E-state index >= 15 is 0 Å². The van der Waals surface area contributed by atoms with E-state index in [1.165, 1.54) is 0 Å². The molecule has 0 aliphatic carbocycles. The van der Waals surface area contributed by atoms with Crippen LogP contribution in [0, 0.1) is 0 Å². The maximum atomic E-state index is 12.3. The van der Waals surface area contributed by atoms with E-state index in [-0.39, 0.29) is 6.61 Å². The molecule has 1 aromatic heterocycles. The van der Waals surface area contributed by atoms with Gasteiger partial charge in [0, 0.05) is 5.56 Å². The zero-order valence-electron chi connectivity index (χ0n) is 15.3. The molecule has 0 fully saturated rings. The highest BCUT2D eigenvalue weighted by atomic mass is 16.5. The first-order chi connectivity index (χ1) is 13.2. The Morgan fingerprint density at radius 2 is 1.74 bits per heavy atom. The van der Waals surface area contributed by atoms with E-state index in [4.69, 9.17) is 18.6 Å². The Morgan fingerprint density at radius 1 is 1.00 bits per heavy atom. The Labute approximate surface area is 157 Å². The predicted molar refractivity (Wildman–Crippen MR) is 99.8 cm³/mol. The van der Waals surface area contributed by atoms with E-state index in [2.05, 4.69) is 4.98 Å². The molecule has 2 aromatic carbocycles. The summed E-state index contributed by atoms with van der Waals surface area (Å²) in [6.07, 6.45) is 1.61. The summed E-state index contributed by atoms with van der Waals surface area (Å²) in [5.41, 5.74) is 1.28. The summed E-state index contributed by atoms with van der Waals surface area (Å²) >= 11 is 0. The number of nitrogens with zero attached hydrogens (tertiary/aromatic N) is 1. The van der Waals surface area contributed by atoms with E-state index in [1.807, 2.05) is 44.2 Å². The van der Waals surface area contributed by atoms with E-state index in [0.717, 1.165) is 5.56 Å². The average Bonchev–Trinajstić information content (AvgIpc) is 3.17. The van der Waals surface area contributed by atoms with Crippen LogP contribution in [0.15, 0.2) is 59.1 Å². The summed E-state index contributed by atoms with van der Waals surface area (Å²) in [4.78, 5) is 16.5. The van der Waals surface area contributed by atoms with Gasteiger partial charge in [0.1, 0.15) is 0 Å². The summed E-state index contributed by atoms with van der Waals surface area (Å²) in [5.74, 6) is 1.57. The van der Waals surface area contributed by atoms with Gasteiger partial charge in [-0.25, -0.2) is 9.78 Å². The molecule has 0 unspecified atom stereocenters. The van der Waals surface area contributed by atoms with Gasteiger partial charge in [0.25, 0.3) is 0 Å². The molecule has 0 aliphatic heterocycles. The van der Waals surface area contributed by atoms with Gasteiger partial charge in [0.05, 0.1) is 25.0 Å². The van der Waals surface area contributed by atoms with Crippen molar-refractivity contribution in [3.05, 3.63) is 66.2 Å². The van der Waals surface area contributed by atoms with Crippen molar-refractivity contribution in [2.45, 2.75) is 20.5 Å². The third kappa shape index (κ3) is 4.67. The number of carbonyl (C=O) groups is 1. The Balaban J connectivity index is 1.66. The van der Waals surface area contributed by atoms with Crippen molar-refractivity contribution in [1.82, 2.24) is 4.98 Å². The van der Waals surface area contributed by atoms with E-state index in [9.17, 15) is 4.79 Å². The first-order valence-electron chi connectivity index (χ1n) is 8.78. The summed E-state index contributed by atoms with van der Waals surface area (Å²) in [7, 11) is 0. The van der Waals surface area contributed by atoms with Gasteiger partial charge in [0.2, 0.25) is 5.89 Å². The third-order valence-corrected chi connectivity index (χ3v) is 3.72. The summed E-state index contributed by atoms with van der Waals surface area (Å²) < 4.78 is 22.0. The van der Waals surface area contributed by atoms with Crippen LogP contribution < -0.4 is 9.47 Å². The van der Waals surface area contributed by atoms with Crippen LogP contribution >= 0.6 is 0 Å². The van der Waals surface area contributed by atoms with Crippen molar-refractivity contribution in [3.63, 3.8) is 0 Å². The van der Waals surface area contributed by atoms with Crippen molar-refractivity contribution in [3.8, 4) is 22.8 Å². The highest BCUT2D eigenvalue weighted by Crippen LogP contribution is 2.29. The molecule has 6 heteroatoms. The molecule has 1 heterocycles. The van der Waals surface area contributed by atoms with Crippen LogP contribution in [0.25, 0.3) is 11.3 Å². The van der Waals surface area contributed by atoms with Crippen LogP contribution in [-0.4, -0.2) is 24.2 Å². The topological polar surface area (TPSA) is 70.8 Å². The van der Waals surface area contributed by atoms with Crippen LogP contribution in [0.2, 0.25) is 0 Å². The highest BCUT2D eigenvalue weighted by Gasteiger charge is 2.14. The van der Waals surface area contributed by atoms with Crippen LogP contribution in [0.5, 0.6) is 11.5 Å². The molecule has 0 saturated heterocycles. The standard InChI is InChI=1S/C21H21NO5/c1-3-24-17-11-10-16(12-18(17)25-4-2)21(23)26-14-20-22-13-19(27-20)15-8-6-5-7-9-15/h5-13H,3-4,14H2,1-2H3. The summed E-state index contributed by atoms with van der Waals surface area (Å²) in [5, 5.41) is 0. The van der Waals surface area contributed by atoms with Crippen LogP contribution in [0.1, 0.15) is 30.1 Å². The number of esters is 1. The number of carbonyl (C=O) groups excluding carboxylic acids is 1. The zero-order valence-corrected chi connectivity index (χ0v) is 15.3. The Kier molecular flexibility index (Phi) is 6.10. The van der Waals surface area contributed by atoms with E-state index < -0.39 is 5.97 Å². The largest absolute Gasteiger partial charge is 0.490 e. The SMILES string of the molecule is CCOc1ccc(C(=O)OCc2ncc(-c3ccccc3)o2)cc1OCC. The van der Waals surface area contributed by atoms with Gasteiger partial charge in [-0.2, -0.15) is 0 Å². The second kappa shape index (κ2) is 8.89. The lowest BCUT2D eigenvalue weighted by molar-refractivity contribution is 0.0438. The average molecular weight is 367 g/mol. The highest BCUT2D eigenvalue weighted by molar-refractivity contribution is 5.90. The summed E-state index contributed by atoms with van der Waals surface area (Å²) in [6, 6.07) is 14.6. The van der Waals surface area contributed by atoms with Gasteiger partial charge in [-0.15, -0.1) is 0 Å². The number of hydrogen-bond donors (Lipinski definition) is 0. The molecule has 140 valence electrons. The van der Waals surface area contributed by atoms with Crippen molar-refractivity contribution < 1.29 is 23.4 Å². The fraction of sp³-hybridized carbons (Fsp3) is 0.238. The van der Waals surface area contributed by atoms with Crippen LogP contribution in [0.4, 0.5) is 0 Å². The number of hydrogen-bond acceptors (Lipinski definition) is 6. The normalized spacial score (nSPS) is 10.4. The molecule has 0 amide bonds. The first kappa shape index (κ1) is 18.5. The molecular formula is C21H21NO5. The van der Waals surface area contributed by atoms with Crippen molar-refractivity contribution in [1.29, 1.82) is 0 Å². The van der Waals surface area contributed by atoms with Crippen LogP contribution in [-0.2, 0) is 11.3 Å². The van der Waals surface area contributed by atoms with Crippen molar-refractivity contribution >= 4 is 5.97 Å². The fourth-order valence-corrected chi connectivity index (χ4v) is 2.50. The van der Waals surface area contributed by atoms with E-state index in [0.29, 0.717) is 41.9 Å². The second-order valence-corrected chi connectivity index (χ2v) is 5.59. The van der Waals surface area contributed by atoms with Gasteiger partial charge in [0.15, 0.2) is 23.9 Å². The predicted octanol–water partition coefficient (Wildman–Crippen LogP) is 4.50. The Hall–Kier alpha value is -3.28. The molecular weight excluding hydrogens is 346 g/mol. The Morgan fingerprint density at radius 3 is 2.48 bits per heavy atom. The number of benzene rings is 2. The molecule has 0 saturated carbocycles. The maximum Gasteiger partial charge on any atom is 0.338 e. The van der Waals surface area contributed by atoms with Crippen LogP contribution in [0.3, 0.4) is 0 Å². The molecule has 0 spiro atoms. The maximum absolute atomic E-state index is 12.3. The second-order valence-electron chi connectivity index (χ2n) is 5.59. The van der Waals surface area contributed by atoms with Gasteiger partial charge < -0.3 is 18.6 Å². The number of ether oxygens (including phenoxy) is 3. The molecule has 3 rings (SSSR count). The lowest BCUT2D eigenvalue weighted by Crippen LogP contribution is -2.07. The molecule has 27 heavy (non-hydrogen) atoms. The van der Waals surface area contributed by atoms with Gasteiger partial charge in [-0.1, -0.05) is 30.3 Å². The van der Waals surface area contributed by atoms with Gasteiger partial charge >= 0.3 is 5.97 Å². The quantitative estimate of drug-likeness (QED) is 0.546. The lowest BCUT2D eigenvalue weighted by Gasteiger charge is -2.12.